The summed E-state index contributed by atoms with van der Waals surface area (Å²) >= 11 is 1.82. The second-order valence-corrected chi connectivity index (χ2v) is 8.46. The summed E-state index contributed by atoms with van der Waals surface area (Å²) in [5.74, 6) is 1.10. The van der Waals surface area contributed by atoms with E-state index in [9.17, 15) is 9.59 Å². The number of thioether (sulfide) groups is 1. The van der Waals surface area contributed by atoms with Crippen molar-refractivity contribution in [1.29, 1.82) is 0 Å². The highest BCUT2D eigenvalue weighted by Crippen LogP contribution is 2.34. The molecule has 2 aliphatic rings. The van der Waals surface area contributed by atoms with Crippen LogP contribution in [0.4, 0.5) is 0 Å². The molecule has 2 rings (SSSR count). The fourth-order valence-corrected chi connectivity index (χ4v) is 4.24. The van der Waals surface area contributed by atoms with Crippen molar-refractivity contribution >= 4 is 23.3 Å². The molecule has 1 heterocycles. The van der Waals surface area contributed by atoms with Crippen LogP contribution in [0.25, 0.3) is 0 Å². The van der Waals surface area contributed by atoms with E-state index < -0.39 is 0 Å². The topological polar surface area (TPSA) is 37.4 Å². The zero-order valence-electron chi connectivity index (χ0n) is 14.7. The van der Waals surface area contributed by atoms with Crippen molar-refractivity contribution in [2.24, 2.45) is 5.41 Å². The minimum atomic E-state index is -0.188. The van der Waals surface area contributed by atoms with E-state index in [2.05, 4.69) is 11.8 Å². The highest BCUT2D eigenvalue weighted by molar-refractivity contribution is 8.03. The van der Waals surface area contributed by atoms with Gasteiger partial charge < -0.3 is 4.90 Å². The Hall–Kier alpha value is -1.03. The van der Waals surface area contributed by atoms with Gasteiger partial charge in [0.05, 0.1) is 10.6 Å². The van der Waals surface area contributed by atoms with Crippen molar-refractivity contribution in [3.63, 3.8) is 0 Å². The smallest absolute Gasteiger partial charge is 0.166 e. The van der Waals surface area contributed by atoms with Crippen LogP contribution in [0.5, 0.6) is 0 Å². The molecular weight excluding hydrogens is 306 g/mol. The Balaban J connectivity index is 1.99. The lowest BCUT2D eigenvalue weighted by Crippen LogP contribution is -2.31. The lowest BCUT2D eigenvalue weighted by Gasteiger charge is -2.28. The molecule has 0 atom stereocenters. The predicted molar refractivity (Wildman–Crippen MR) is 97.4 cm³/mol. The fourth-order valence-electron chi connectivity index (χ4n) is 3.19. The van der Waals surface area contributed by atoms with Crippen molar-refractivity contribution in [3.05, 3.63) is 22.8 Å². The summed E-state index contributed by atoms with van der Waals surface area (Å²) in [4.78, 5) is 26.8. The average Bonchev–Trinajstić information content (AvgIpc) is 2.89. The van der Waals surface area contributed by atoms with Crippen LogP contribution < -0.4 is 0 Å². The number of carbonyl (C=O) groups is 2. The first-order valence-corrected chi connectivity index (χ1v) is 9.77. The van der Waals surface area contributed by atoms with Crippen LogP contribution in [0.1, 0.15) is 59.3 Å². The maximum Gasteiger partial charge on any atom is 0.166 e. The van der Waals surface area contributed by atoms with Gasteiger partial charge in [0, 0.05) is 31.7 Å². The zero-order valence-corrected chi connectivity index (χ0v) is 15.5. The number of hydrogen-bond acceptors (Lipinski definition) is 4. The summed E-state index contributed by atoms with van der Waals surface area (Å²) in [6.07, 6.45) is 9.75. The number of Topliss-reactive ketones (excluding diaryl/α,β-unsaturated/α-hetero) is 2. The van der Waals surface area contributed by atoms with E-state index in [1.807, 2.05) is 31.7 Å². The number of hydrogen-bond donors (Lipinski definition) is 0. The molecule has 0 unspecified atom stereocenters. The first-order chi connectivity index (χ1) is 10.9. The maximum atomic E-state index is 12.2. The van der Waals surface area contributed by atoms with E-state index in [1.54, 1.807) is 6.08 Å². The number of nitrogens with zero attached hydrogens (tertiary/aromatic N) is 1. The summed E-state index contributed by atoms with van der Waals surface area (Å²) in [5.41, 5.74) is 0.210. The van der Waals surface area contributed by atoms with Gasteiger partial charge in [-0.3, -0.25) is 9.59 Å². The van der Waals surface area contributed by atoms with Gasteiger partial charge in [-0.05, 0) is 24.0 Å². The molecule has 1 aliphatic carbocycles. The predicted octanol–water partition coefficient (Wildman–Crippen LogP) is 4.34. The molecule has 1 saturated carbocycles. The number of rotatable bonds is 6. The molecule has 0 spiro atoms. The third-order valence-corrected chi connectivity index (χ3v) is 5.55. The molecule has 0 bridgehead atoms. The molecule has 0 aromatic heterocycles. The van der Waals surface area contributed by atoms with E-state index in [0.29, 0.717) is 18.4 Å². The molecule has 1 saturated heterocycles. The van der Waals surface area contributed by atoms with Gasteiger partial charge in [0.25, 0.3) is 0 Å². The Bertz CT molecular complexity index is 497. The van der Waals surface area contributed by atoms with Crippen molar-refractivity contribution in [2.45, 2.75) is 59.3 Å². The average molecular weight is 336 g/mol. The second-order valence-electron chi connectivity index (χ2n) is 7.35. The van der Waals surface area contributed by atoms with Gasteiger partial charge >= 0.3 is 0 Å². The Morgan fingerprint density at radius 2 is 1.78 bits per heavy atom. The van der Waals surface area contributed by atoms with Gasteiger partial charge in [-0.15, -0.1) is 11.8 Å². The minimum absolute atomic E-state index is 0.000549. The standard InChI is InChI=1S/C19H29NO2S/c1-4-5-6-7-10-20-11-12-23-18(20)9-8-15-16(21)13-19(2,3)14-17(15)22/h8-9H,4-7,10-14H2,1-3H3/b18-9-. The highest BCUT2D eigenvalue weighted by Gasteiger charge is 2.35. The van der Waals surface area contributed by atoms with Gasteiger partial charge in [-0.1, -0.05) is 40.0 Å². The Morgan fingerprint density at radius 1 is 1.09 bits per heavy atom. The molecule has 0 amide bonds. The van der Waals surface area contributed by atoms with Crippen molar-refractivity contribution in [1.82, 2.24) is 4.90 Å². The Labute approximate surface area is 144 Å². The normalized spacial score (nSPS) is 23.0. The van der Waals surface area contributed by atoms with E-state index in [4.69, 9.17) is 0 Å². The molecule has 0 aromatic carbocycles. The molecule has 2 fully saturated rings. The quantitative estimate of drug-likeness (QED) is 0.411. The summed E-state index contributed by atoms with van der Waals surface area (Å²) in [5, 5.41) is 1.21. The summed E-state index contributed by atoms with van der Waals surface area (Å²) in [6, 6.07) is 0. The van der Waals surface area contributed by atoms with Crippen LogP contribution in [-0.2, 0) is 9.59 Å². The molecule has 23 heavy (non-hydrogen) atoms. The minimum Gasteiger partial charge on any atom is -0.366 e. The van der Waals surface area contributed by atoms with Crippen LogP contribution >= 0.6 is 11.8 Å². The maximum absolute atomic E-state index is 12.2. The molecular formula is C19H29NO2S. The largest absolute Gasteiger partial charge is 0.366 e. The van der Waals surface area contributed by atoms with Crippen LogP contribution in [-0.4, -0.2) is 35.3 Å². The molecule has 3 nitrogen and oxygen atoms in total. The van der Waals surface area contributed by atoms with Gasteiger partial charge in [-0.25, -0.2) is 0 Å². The molecule has 0 N–H and O–H groups in total. The molecule has 128 valence electrons. The first-order valence-electron chi connectivity index (χ1n) is 8.79. The van der Waals surface area contributed by atoms with E-state index in [0.717, 1.165) is 18.8 Å². The van der Waals surface area contributed by atoms with Crippen LogP contribution in [0.2, 0.25) is 0 Å². The number of allylic oxidation sites excluding steroid dienone is 3. The van der Waals surface area contributed by atoms with E-state index in [-0.39, 0.29) is 17.0 Å². The Kier molecular flexibility index (Phi) is 6.51. The molecule has 1 aliphatic heterocycles. The summed E-state index contributed by atoms with van der Waals surface area (Å²) < 4.78 is 0. The monoisotopic (exact) mass is 335 g/mol. The fraction of sp³-hybridized carbons (Fsp3) is 0.684. The highest BCUT2D eigenvalue weighted by atomic mass is 32.2. The van der Waals surface area contributed by atoms with Crippen molar-refractivity contribution in [2.75, 3.05) is 18.8 Å². The summed E-state index contributed by atoms with van der Waals surface area (Å²) in [6.45, 7) is 8.35. The lowest BCUT2D eigenvalue weighted by atomic mass is 9.74. The zero-order chi connectivity index (χ0) is 16.9. The third kappa shape index (κ3) is 5.23. The van der Waals surface area contributed by atoms with Gasteiger partial charge in [0.1, 0.15) is 0 Å². The summed E-state index contributed by atoms with van der Waals surface area (Å²) in [7, 11) is 0. The molecule has 0 aromatic rings. The molecule has 4 heteroatoms. The van der Waals surface area contributed by atoms with E-state index >= 15 is 0 Å². The van der Waals surface area contributed by atoms with Crippen molar-refractivity contribution < 1.29 is 9.59 Å². The van der Waals surface area contributed by atoms with Gasteiger partial charge in [0.2, 0.25) is 0 Å². The number of carbonyl (C=O) groups excluding carboxylic acids is 2. The number of ketones is 2. The van der Waals surface area contributed by atoms with Gasteiger partial charge in [-0.2, -0.15) is 0 Å². The van der Waals surface area contributed by atoms with Gasteiger partial charge in [0.15, 0.2) is 11.6 Å². The molecule has 0 radical (unpaired) electrons. The van der Waals surface area contributed by atoms with E-state index in [1.165, 1.54) is 30.7 Å². The van der Waals surface area contributed by atoms with Crippen LogP contribution in [0, 0.1) is 5.41 Å². The number of unbranched alkanes of at least 4 members (excludes halogenated alkanes) is 3. The van der Waals surface area contributed by atoms with Crippen LogP contribution in [0.3, 0.4) is 0 Å². The SMILES string of the molecule is CCCCCCN1CCS/C1=C\C=C1C(=O)CC(C)(C)CC1=O. The third-order valence-electron chi connectivity index (χ3n) is 4.48. The van der Waals surface area contributed by atoms with Crippen molar-refractivity contribution in [3.8, 4) is 0 Å². The second kappa shape index (κ2) is 8.18. The first kappa shape index (κ1) is 18.3. The Morgan fingerprint density at radius 3 is 2.43 bits per heavy atom. The van der Waals surface area contributed by atoms with Crippen LogP contribution in [0.15, 0.2) is 22.8 Å². The lowest BCUT2D eigenvalue weighted by molar-refractivity contribution is -0.127.